The van der Waals surface area contributed by atoms with Gasteiger partial charge in [-0.05, 0) is 30.7 Å². The number of halogens is 3. The molecule has 0 saturated carbocycles. The lowest BCUT2D eigenvalue weighted by molar-refractivity contribution is -0.137. The van der Waals surface area contributed by atoms with Gasteiger partial charge in [-0.1, -0.05) is 18.2 Å². The van der Waals surface area contributed by atoms with Crippen molar-refractivity contribution in [1.82, 2.24) is 20.1 Å². The number of nitrogens with one attached hydrogen (secondary N) is 1. The molecule has 9 heteroatoms. The number of para-hydroxylation sites is 1. The fraction of sp³-hybridized carbons (Fsp3) is 0.158. The lowest BCUT2D eigenvalue weighted by atomic mass is 10.1. The first-order valence-electron chi connectivity index (χ1n) is 8.22. The topological polar surface area (TPSA) is 76.9 Å². The number of alkyl halides is 3. The van der Waals surface area contributed by atoms with Crippen molar-refractivity contribution in [3.63, 3.8) is 0 Å². The van der Waals surface area contributed by atoms with Crippen molar-refractivity contribution in [2.24, 2.45) is 0 Å². The summed E-state index contributed by atoms with van der Waals surface area (Å²) in [4.78, 5) is 28.5. The predicted octanol–water partition coefficient (Wildman–Crippen LogP) is 2.88. The van der Waals surface area contributed by atoms with Crippen LogP contribution in [0.1, 0.15) is 27.3 Å². The van der Waals surface area contributed by atoms with Gasteiger partial charge in [0.25, 0.3) is 5.91 Å². The fourth-order valence-corrected chi connectivity index (χ4v) is 2.62. The number of nitrogens with zero attached hydrogens (tertiary/aromatic N) is 3. The Morgan fingerprint density at radius 1 is 1.18 bits per heavy atom. The molecule has 3 rings (SSSR count). The summed E-state index contributed by atoms with van der Waals surface area (Å²) in [5.74, 6) is -0.785. The third-order valence-electron chi connectivity index (χ3n) is 3.94. The van der Waals surface area contributed by atoms with E-state index in [0.29, 0.717) is 5.56 Å². The average molecular weight is 388 g/mol. The van der Waals surface area contributed by atoms with Gasteiger partial charge in [-0.15, -0.1) is 0 Å². The highest BCUT2D eigenvalue weighted by Gasteiger charge is 2.34. The summed E-state index contributed by atoms with van der Waals surface area (Å²) in [6.07, 6.45) is -1.50. The van der Waals surface area contributed by atoms with Crippen LogP contribution in [0, 0.1) is 6.92 Å². The van der Waals surface area contributed by atoms with E-state index in [4.69, 9.17) is 0 Å². The Hall–Kier alpha value is -3.49. The molecule has 0 atom stereocenters. The van der Waals surface area contributed by atoms with Crippen molar-refractivity contribution < 1.29 is 18.0 Å². The normalized spacial score (nSPS) is 11.3. The molecular formula is C19H15F3N4O2. The van der Waals surface area contributed by atoms with Crippen LogP contribution in [-0.4, -0.2) is 20.7 Å². The number of carbonyl (C=O) groups is 1. The number of aryl methyl sites for hydroxylation is 1. The van der Waals surface area contributed by atoms with Crippen molar-refractivity contribution >= 4 is 5.91 Å². The van der Waals surface area contributed by atoms with E-state index < -0.39 is 28.8 Å². The van der Waals surface area contributed by atoms with Crippen LogP contribution in [0.5, 0.6) is 0 Å². The second-order valence-electron chi connectivity index (χ2n) is 5.97. The van der Waals surface area contributed by atoms with E-state index in [9.17, 15) is 22.8 Å². The van der Waals surface area contributed by atoms with Gasteiger partial charge < -0.3 is 5.32 Å². The van der Waals surface area contributed by atoms with Crippen molar-refractivity contribution in [2.45, 2.75) is 19.6 Å². The number of carbonyl (C=O) groups excluding carboxylic acids is 1. The maximum Gasteiger partial charge on any atom is 0.418 e. The third-order valence-corrected chi connectivity index (χ3v) is 3.94. The molecule has 0 aliphatic heterocycles. The largest absolute Gasteiger partial charge is 0.418 e. The molecule has 0 bridgehead atoms. The molecule has 0 aliphatic rings. The predicted molar refractivity (Wildman–Crippen MR) is 95.0 cm³/mol. The second-order valence-corrected chi connectivity index (χ2v) is 5.97. The van der Waals surface area contributed by atoms with Crippen LogP contribution in [0.4, 0.5) is 13.2 Å². The van der Waals surface area contributed by atoms with E-state index in [1.54, 1.807) is 24.5 Å². The summed E-state index contributed by atoms with van der Waals surface area (Å²) in [7, 11) is 0. The van der Waals surface area contributed by atoms with Gasteiger partial charge in [0.15, 0.2) is 5.69 Å². The fourth-order valence-electron chi connectivity index (χ4n) is 2.62. The number of rotatable bonds is 4. The highest BCUT2D eigenvalue weighted by molar-refractivity contribution is 5.92. The molecule has 0 fully saturated rings. The first-order chi connectivity index (χ1) is 13.3. The van der Waals surface area contributed by atoms with E-state index in [1.165, 1.54) is 25.1 Å². The van der Waals surface area contributed by atoms with E-state index in [1.807, 2.05) is 0 Å². The average Bonchev–Trinajstić information content (AvgIpc) is 2.66. The van der Waals surface area contributed by atoms with Crippen LogP contribution >= 0.6 is 0 Å². The molecule has 1 N–H and O–H groups in total. The standard InChI is InChI=1S/C19H15F3N4O2/c1-12-9-16(27)17(18(28)24-11-13-5-4-8-23-10-13)25-26(12)15-7-3-2-6-14(15)19(20,21)22/h2-10H,11H2,1H3,(H,24,28). The van der Waals surface area contributed by atoms with Crippen LogP contribution in [-0.2, 0) is 12.7 Å². The Morgan fingerprint density at radius 2 is 1.93 bits per heavy atom. The van der Waals surface area contributed by atoms with Gasteiger partial charge in [-0.25, -0.2) is 4.68 Å². The first-order valence-corrected chi connectivity index (χ1v) is 8.22. The molecular weight excluding hydrogens is 373 g/mol. The zero-order valence-electron chi connectivity index (χ0n) is 14.7. The SMILES string of the molecule is Cc1cc(=O)c(C(=O)NCc2cccnc2)nn1-c1ccccc1C(F)(F)F. The first kappa shape index (κ1) is 19.3. The van der Waals surface area contributed by atoms with E-state index in [2.05, 4.69) is 15.4 Å². The molecule has 28 heavy (non-hydrogen) atoms. The smallest absolute Gasteiger partial charge is 0.346 e. The van der Waals surface area contributed by atoms with E-state index in [0.717, 1.165) is 16.8 Å². The molecule has 2 aromatic heterocycles. The Bertz CT molecular complexity index is 1060. The lowest BCUT2D eigenvalue weighted by Crippen LogP contribution is -2.32. The quantitative estimate of drug-likeness (QED) is 0.746. The van der Waals surface area contributed by atoms with E-state index >= 15 is 0 Å². The van der Waals surface area contributed by atoms with E-state index in [-0.39, 0.29) is 17.9 Å². The molecule has 0 aliphatic carbocycles. The number of hydrogen-bond donors (Lipinski definition) is 1. The Balaban J connectivity index is 1.98. The number of aromatic nitrogens is 3. The summed E-state index contributed by atoms with van der Waals surface area (Å²) in [6.45, 7) is 1.54. The Kier molecular flexibility index (Phi) is 5.25. The zero-order valence-corrected chi connectivity index (χ0v) is 14.7. The zero-order chi connectivity index (χ0) is 20.3. The number of amides is 1. The van der Waals surface area contributed by atoms with Crippen LogP contribution in [0.15, 0.2) is 59.7 Å². The maximum absolute atomic E-state index is 13.3. The molecule has 0 unspecified atom stereocenters. The molecule has 0 saturated heterocycles. The molecule has 1 aromatic carbocycles. The number of benzene rings is 1. The summed E-state index contributed by atoms with van der Waals surface area (Å²) in [6, 6.07) is 9.32. The Morgan fingerprint density at radius 3 is 2.61 bits per heavy atom. The highest BCUT2D eigenvalue weighted by atomic mass is 19.4. The van der Waals surface area contributed by atoms with Crippen LogP contribution in [0.25, 0.3) is 5.69 Å². The molecule has 0 radical (unpaired) electrons. The summed E-state index contributed by atoms with van der Waals surface area (Å²) in [5, 5.41) is 6.43. The summed E-state index contributed by atoms with van der Waals surface area (Å²) < 4.78 is 40.9. The second kappa shape index (κ2) is 7.63. The van der Waals surface area contributed by atoms with Crippen LogP contribution in [0.2, 0.25) is 0 Å². The minimum Gasteiger partial charge on any atom is -0.346 e. The third kappa shape index (κ3) is 4.08. The number of pyridine rings is 1. The maximum atomic E-state index is 13.3. The monoisotopic (exact) mass is 388 g/mol. The van der Waals surface area contributed by atoms with Crippen molar-refractivity contribution in [1.29, 1.82) is 0 Å². The minimum absolute atomic E-state index is 0.0980. The van der Waals surface area contributed by atoms with Gasteiger partial charge in [0.05, 0.1) is 11.3 Å². The van der Waals surface area contributed by atoms with Gasteiger partial charge >= 0.3 is 6.18 Å². The summed E-state index contributed by atoms with van der Waals surface area (Å²) in [5.41, 5.74) is -1.49. The van der Waals surface area contributed by atoms with Gasteiger partial charge in [0, 0.05) is 30.7 Å². The summed E-state index contributed by atoms with van der Waals surface area (Å²) >= 11 is 0. The van der Waals surface area contributed by atoms with Gasteiger partial charge in [0.1, 0.15) is 0 Å². The van der Waals surface area contributed by atoms with Crippen LogP contribution < -0.4 is 10.7 Å². The van der Waals surface area contributed by atoms with Crippen LogP contribution in [0.3, 0.4) is 0 Å². The molecule has 3 aromatic rings. The van der Waals surface area contributed by atoms with Crippen molar-refractivity contribution in [3.8, 4) is 5.69 Å². The van der Waals surface area contributed by atoms with Crippen molar-refractivity contribution in [2.75, 3.05) is 0 Å². The van der Waals surface area contributed by atoms with Crippen molar-refractivity contribution in [3.05, 3.63) is 87.6 Å². The Labute approximate surface area is 157 Å². The molecule has 0 spiro atoms. The van der Waals surface area contributed by atoms with Gasteiger partial charge in [-0.2, -0.15) is 18.3 Å². The van der Waals surface area contributed by atoms with Gasteiger partial charge in [0.2, 0.25) is 5.43 Å². The lowest BCUT2D eigenvalue weighted by Gasteiger charge is -2.16. The van der Waals surface area contributed by atoms with Gasteiger partial charge in [-0.3, -0.25) is 14.6 Å². The minimum atomic E-state index is -4.61. The molecule has 1 amide bonds. The number of hydrogen-bond acceptors (Lipinski definition) is 4. The molecule has 2 heterocycles. The molecule has 6 nitrogen and oxygen atoms in total. The highest BCUT2D eigenvalue weighted by Crippen LogP contribution is 2.33. The molecule has 144 valence electrons.